The molecule has 158 valence electrons. The van der Waals surface area contributed by atoms with E-state index in [2.05, 4.69) is 42.8 Å². The number of amides is 1. The van der Waals surface area contributed by atoms with Gasteiger partial charge >= 0.3 is 0 Å². The highest BCUT2D eigenvalue weighted by Crippen LogP contribution is 2.33. The second-order valence-corrected chi connectivity index (χ2v) is 8.96. The van der Waals surface area contributed by atoms with Gasteiger partial charge in [-0.15, -0.1) is 6.58 Å². The van der Waals surface area contributed by atoms with Gasteiger partial charge < -0.3 is 4.90 Å². The van der Waals surface area contributed by atoms with Crippen molar-refractivity contribution in [1.29, 1.82) is 0 Å². The van der Waals surface area contributed by atoms with Gasteiger partial charge in [0.1, 0.15) is 0 Å². The molecule has 2 aromatic rings. The summed E-state index contributed by atoms with van der Waals surface area (Å²) in [6.45, 7) is 12.0. The Morgan fingerprint density at radius 1 is 1.10 bits per heavy atom. The summed E-state index contributed by atoms with van der Waals surface area (Å²) in [5, 5.41) is 3.91. The molecule has 2 saturated heterocycles. The first-order chi connectivity index (χ1) is 14.5. The van der Waals surface area contributed by atoms with Crippen LogP contribution in [0.2, 0.25) is 0 Å². The van der Waals surface area contributed by atoms with Gasteiger partial charge in [-0.05, 0) is 42.0 Å². The van der Waals surface area contributed by atoms with Gasteiger partial charge in [-0.2, -0.15) is 0 Å². The van der Waals surface area contributed by atoms with Gasteiger partial charge in [0.2, 0.25) is 0 Å². The fourth-order valence-electron chi connectivity index (χ4n) is 4.84. The lowest BCUT2D eigenvalue weighted by Gasteiger charge is -2.44. The lowest BCUT2D eigenvalue weighted by molar-refractivity contribution is 0.0365. The highest BCUT2D eigenvalue weighted by Gasteiger charge is 2.47. The van der Waals surface area contributed by atoms with Crippen molar-refractivity contribution >= 4 is 5.91 Å². The van der Waals surface area contributed by atoms with E-state index in [1.165, 1.54) is 5.56 Å². The van der Waals surface area contributed by atoms with Crippen molar-refractivity contribution in [2.75, 3.05) is 26.2 Å². The van der Waals surface area contributed by atoms with Gasteiger partial charge in [0.25, 0.3) is 5.91 Å². The fraction of sp³-hybridized carbons (Fsp3) is 0.423. The largest absolute Gasteiger partial charge is 0.338 e. The Hall–Kier alpha value is -2.43. The smallest absolute Gasteiger partial charge is 0.253 e. The number of carbonyl (C=O) groups is 1. The van der Waals surface area contributed by atoms with Crippen molar-refractivity contribution < 1.29 is 4.79 Å². The zero-order chi connectivity index (χ0) is 21.1. The molecule has 2 aliphatic rings. The summed E-state index contributed by atoms with van der Waals surface area (Å²) < 4.78 is 0. The monoisotopic (exact) mass is 403 g/mol. The van der Waals surface area contributed by atoms with Crippen LogP contribution in [0.25, 0.3) is 11.1 Å². The Balaban J connectivity index is 1.42. The second-order valence-electron chi connectivity index (χ2n) is 8.96. The molecule has 1 spiro atoms. The predicted molar refractivity (Wildman–Crippen MR) is 123 cm³/mol. The third-order valence-electron chi connectivity index (χ3n) is 6.75. The second kappa shape index (κ2) is 8.75. The minimum absolute atomic E-state index is 0.00290. The molecule has 4 heteroatoms. The molecular formula is C26H33N3O. The number of benzene rings is 2. The normalized spacial score (nSPS) is 21.3. The molecule has 0 aromatic heterocycles. The Labute approximate surface area is 180 Å². The van der Waals surface area contributed by atoms with Gasteiger partial charge in [0.05, 0.1) is 5.66 Å². The van der Waals surface area contributed by atoms with E-state index >= 15 is 0 Å². The van der Waals surface area contributed by atoms with Gasteiger partial charge in [0.15, 0.2) is 0 Å². The quantitative estimate of drug-likeness (QED) is 0.752. The number of carbonyl (C=O) groups excluding carboxylic acids is 1. The maximum atomic E-state index is 13.1. The van der Waals surface area contributed by atoms with Crippen LogP contribution in [0.4, 0.5) is 0 Å². The van der Waals surface area contributed by atoms with Crippen LogP contribution in [0.1, 0.15) is 37.0 Å². The molecule has 1 N–H and O–H groups in total. The lowest BCUT2D eigenvalue weighted by Crippen LogP contribution is -2.59. The average molecular weight is 404 g/mol. The summed E-state index contributed by atoms with van der Waals surface area (Å²) in [5.74, 6) is 0.734. The van der Waals surface area contributed by atoms with E-state index in [0.29, 0.717) is 12.0 Å². The Morgan fingerprint density at radius 2 is 1.73 bits per heavy atom. The number of hydrogen-bond acceptors (Lipinski definition) is 3. The van der Waals surface area contributed by atoms with Crippen LogP contribution in [0.3, 0.4) is 0 Å². The zero-order valence-corrected chi connectivity index (χ0v) is 18.2. The van der Waals surface area contributed by atoms with Gasteiger partial charge in [-0.25, -0.2) is 0 Å². The minimum Gasteiger partial charge on any atom is -0.338 e. The molecule has 0 radical (unpaired) electrons. The number of piperidine rings is 1. The lowest BCUT2D eigenvalue weighted by atomic mass is 9.94. The summed E-state index contributed by atoms with van der Waals surface area (Å²) in [6.07, 6.45) is 3.91. The topological polar surface area (TPSA) is 35.6 Å². The van der Waals surface area contributed by atoms with Gasteiger partial charge in [-0.3, -0.25) is 15.0 Å². The minimum atomic E-state index is -0.00290. The average Bonchev–Trinajstić information content (AvgIpc) is 3.13. The molecule has 0 bridgehead atoms. The maximum absolute atomic E-state index is 13.1. The van der Waals surface area contributed by atoms with Crippen LogP contribution in [0.5, 0.6) is 0 Å². The number of likely N-dealkylation sites (tertiary alicyclic amines) is 1. The molecule has 1 atom stereocenters. The Bertz CT molecular complexity index is 867. The van der Waals surface area contributed by atoms with Gasteiger partial charge in [0, 0.05) is 37.8 Å². The molecule has 1 amide bonds. The molecule has 30 heavy (non-hydrogen) atoms. The first kappa shape index (κ1) is 20.8. The van der Waals surface area contributed by atoms with Crippen molar-refractivity contribution in [1.82, 2.24) is 15.1 Å². The number of nitrogens with zero attached hydrogens (tertiary/aromatic N) is 2. The summed E-state index contributed by atoms with van der Waals surface area (Å²) in [5.41, 5.74) is 3.08. The molecular weight excluding hydrogens is 370 g/mol. The molecule has 0 saturated carbocycles. The summed E-state index contributed by atoms with van der Waals surface area (Å²) >= 11 is 0. The Kier molecular flexibility index (Phi) is 6.07. The van der Waals surface area contributed by atoms with Crippen LogP contribution in [-0.4, -0.2) is 53.6 Å². The standard InChI is InChI=1S/C26H33N3O/c1-4-16-29-19-24(20(2)3)27-26(29)14-17-28(18-15-26)25(30)23-12-10-22(11-13-23)21-8-6-5-7-9-21/h4-13,20,24,27H,1,14-19H2,2-3H3. The molecule has 4 nitrogen and oxygen atoms in total. The Morgan fingerprint density at radius 3 is 2.33 bits per heavy atom. The fourth-order valence-corrected chi connectivity index (χ4v) is 4.84. The van der Waals surface area contributed by atoms with E-state index in [1.807, 2.05) is 53.4 Å². The number of hydrogen-bond donors (Lipinski definition) is 1. The molecule has 1 unspecified atom stereocenters. The van der Waals surface area contributed by atoms with Crippen molar-refractivity contribution in [3.63, 3.8) is 0 Å². The molecule has 2 heterocycles. The van der Waals surface area contributed by atoms with Crippen LogP contribution in [0.15, 0.2) is 67.3 Å². The third kappa shape index (κ3) is 4.07. The maximum Gasteiger partial charge on any atom is 0.253 e. The van der Waals surface area contributed by atoms with Crippen molar-refractivity contribution in [2.24, 2.45) is 5.92 Å². The third-order valence-corrected chi connectivity index (χ3v) is 6.75. The van der Waals surface area contributed by atoms with E-state index < -0.39 is 0 Å². The summed E-state index contributed by atoms with van der Waals surface area (Å²) in [7, 11) is 0. The van der Waals surface area contributed by atoms with Crippen molar-refractivity contribution in [3.05, 3.63) is 72.8 Å². The molecule has 2 aromatic carbocycles. The number of nitrogens with one attached hydrogen (secondary N) is 1. The van der Waals surface area contributed by atoms with E-state index in [0.717, 1.165) is 50.1 Å². The van der Waals surface area contributed by atoms with E-state index in [1.54, 1.807) is 0 Å². The molecule has 4 rings (SSSR count). The summed E-state index contributed by atoms with van der Waals surface area (Å²) in [6, 6.07) is 18.8. The molecule has 0 aliphatic carbocycles. The predicted octanol–water partition coefficient (Wildman–Crippen LogP) is 4.40. The van der Waals surface area contributed by atoms with E-state index in [4.69, 9.17) is 0 Å². The first-order valence-electron chi connectivity index (χ1n) is 11.1. The zero-order valence-electron chi connectivity index (χ0n) is 18.2. The number of rotatable bonds is 5. The highest BCUT2D eigenvalue weighted by atomic mass is 16.2. The first-order valence-corrected chi connectivity index (χ1v) is 11.1. The van der Waals surface area contributed by atoms with Crippen LogP contribution in [0, 0.1) is 5.92 Å². The van der Waals surface area contributed by atoms with Crippen LogP contribution in [-0.2, 0) is 0 Å². The van der Waals surface area contributed by atoms with Crippen LogP contribution >= 0.6 is 0 Å². The highest BCUT2D eigenvalue weighted by molar-refractivity contribution is 5.94. The van der Waals surface area contributed by atoms with Crippen molar-refractivity contribution in [2.45, 2.75) is 38.4 Å². The van der Waals surface area contributed by atoms with Crippen molar-refractivity contribution in [3.8, 4) is 11.1 Å². The van der Waals surface area contributed by atoms with E-state index in [9.17, 15) is 4.79 Å². The molecule has 2 fully saturated rings. The van der Waals surface area contributed by atoms with E-state index in [-0.39, 0.29) is 11.6 Å². The summed E-state index contributed by atoms with van der Waals surface area (Å²) in [4.78, 5) is 17.6. The SMILES string of the molecule is C=CCN1CC(C(C)C)NC12CCN(C(=O)c1ccc(-c3ccccc3)cc1)CC2. The van der Waals surface area contributed by atoms with Crippen LogP contribution < -0.4 is 5.32 Å². The molecule has 2 aliphatic heterocycles. The van der Waals surface area contributed by atoms with Gasteiger partial charge in [-0.1, -0.05) is 62.4 Å².